The standard InChI is InChI=1S/C22H19Cl4NO/c23-17-6-4-15(5-7-17)10-11-27-13-16-12-18(24)8-9-22(16)28-14-19-20(25)2-1-3-21(19)26/h1-9,12,27H,10-11,13-14H2. The van der Waals surface area contributed by atoms with Crippen LogP contribution in [0.3, 0.4) is 0 Å². The fourth-order valence-electron chi connectivity index (χ4n) is 2.75. The second-order valence-corrected chi connectivity index (χ2v) is 7.98. The van der Waals surface area contributed by atoms with Crippen molar-refractivity contribution < 1.29 is 4.74 Å². The SMILES string of the molecule is Clc1ccc(CCNCc2cc(Cl)ccc2OCc2c(Cl)cccc2Cl)cc1. The van der Waals surface area contributed by atoms with Crippen molar-refractivity contribution in [2.75, 3.05) is 6.54 Å². The van der Waals surface area contributed by atoms with Crippen molar-refractivity contribution in [1.82, 2.24) is 5.32 Å². The lowest BCUT2D eigenvalue weighted by Gasteiger charge is -2.14. The van der Waals surface area contributed by atoms with Crippen molar-refractivity contribution in [3.8, 4) is 5.75 Å². The lowest BCUT2D eigenvalue weighted by Crippen LogP contribution is -2.17. The number of halogens is 4. The maximum absolute atomic E-state index is 6.22. The molecule has 3 aromatic carbocycles. The van der Waals surface area contributed by atoms with Gasteiger partial charge in [0.25, 0.3) is 0 Å². The van der Waals surface area contributed by atoms with E-state index in [2.05, 4.69) is 5.32 Å². The third-order valence-corrected chi connectivity index (χ3v) is 5.47. The highest BCUT2D eigenvalue weighted by molar-refractivity contribution is 6.36. The molecule has 146 valence electrons. The Kier molecular flexibility index (Phi) is 7.90. The quantitative estimate of drug-likeness (QED) is 0.363. The number of hydrogen-bond acceptors (Lipinski definition) is 2. The minimum Gasteiger partial charge on any atom is -0.488 e. The molecule has 28 heavy (non-hydrogen) atoms. The van der Waals surface area contributed by atoms with Gasteiger partial charge in [-0.1, -0.05) is 64.6 Å². The second-order valence-electron chi connectivity index (χ2n) is 6.29. The van der Waals surface area contributed by atoms with E-state index in [0.717, 1.165) is 34.9 Å². The highest BCUT2D eigenvalue weighted by Crippen LogP contribution is 2.28. The monoisotopic (exact) mass is 453 g/mol. The average molecular weight is 455 g/mol. The van der Waals surface area contributed by atoms with Crippen LogP contribution in [-0.4, -0.2) is 6.54 Å². The Morgan fingerprint density at radius 2 is 1.46 bits per heavy atom. The smallest absolute Gasteiger partial charge is 0.124 e. The van der Waals surface area contributed by atoms with Crippen molar-refractivity contribution >= 4 is 46.4 Å². The molecule has 0 atom stereocenters. The summed E-state index contributed by atoms with van der Waals surface area (Å²) in [5, 5.41) is 6.01. The summed E-state index contributed by atoms with van der Waals surface area (Å²) in [5.41, 5.74) is 2.97. The first kappa shape index (κ1) is 21.3. The highest BCUT2D eigenvalue weighted by atomic mass is 35.5. The van der Waals surface area contributed by atoms with Gasteiger partial charge in [-0.05, 0) is 61.0 Å². The van der Waals surface area contributed by atoms with Gasteiger partial charge >= 0.3 is 0 Å². The number of benzene rings is 3. The highest BCUT2D eigenvalue weighted by Gasteiger charge is 2.09. The van der Waals surface area contributed by atoms with Crippen LogP contribution in [0, 0.1) is 0 Å². The number of nitrogens with one attached hydrogen (secondary N) is 1. The van der Waals surface area contributed by atoms with E-state index in [1.54, 1.807) is 12.1 Å². The van der Waals surface area contributed by atoms with Gasteiger partial charge in [-0.3, -0.25) is 0 Å². The second kappa shape index (κ2) is 10.4. The number of rotatable bonds is 8. The van der Waals surface area contributed by atoms with Crippen LogP contribution >= 0.6 is 46.4 Å². The predicted molar refractivity (Wildman–Crippen MR) is 119 cm³/mol. The first-order valence-corrected chi connectivity index (χ1v) is 10.3. The summed E-state index contributed by atoms with van der Waals surface area (Å²) in [6.45, 7) is 1.75. The van der Waals surface area contributed by atoms with Gasteiger partial charge in [-0.25, -0.2) is 0 Å². The fraction of sp³-hybridized carbons (Fsp3) is 0.182. The summed E-state index contributed by atoms with van der Waals surface area (Å²) in [5.74, 6) is 0.749. The average Bonchev–Trinajstić information content (AvgIpc) is 2.67. The molecule has 3 rings (SSSR count). The summed E-state index contributed by atoms with van der Waals surface area (Å²) in [4.78, 5) is 0. The molecule has 0 saturated carbocycles. The van der Waals surface area contributed by atoms with E-state index in [1.165, 1.54) is 5.56 Å². The summed E-state index contributed by atoms with van der Waals surface area (Å²) in [6.07, 6.45) is 0.906. The summed E-state index contributed by atoms with van der Waals surface area (Å²) in [6, 6.07) is 18.9. The third-order valence-electron chi connectivity index (χ3n) is 4.28. The zero-order valence-electron chi connectivity index (χ0n) is 15.0. The molecule has 0 aliphatic heterocycles. The summed E-state index contributed by atoms with van der Waals surface area (Å²) < 4.78 is 5.99. The molecular weight excluding hydrogens is 436 g/mol. The predicted octanol–water partition coefficient (Wildman–Crippen LogP) is 7.21. The summed E-state index contributed by atoms with van der Waals surface area (Å²) in [7, 11) is 0. The molecule has 0 fully saturated rings. The van der Waals surface area contributed by atoms with E-state index >= 15 is 0 Å². The molecule has 0 amide bonds. The molecule has 0 unspecified atom stereocenters. The molecule has 1 N–H and O–H groups in total. The van der Waals surface area contributed by atoms with Crippen molar-refractivity contribution in [2.45, 2.75) is 19.6 Å². The lowest BCUT2D eigenvalue weighted by atomic mass is 10.1. The van der Waals surface area contributed by atoms with Crippen LogP contribution in [0.2, 0.25) is 20.1 Å². The fourth-order valence-corrected chi connectivity index (χ4v) is 3.58. The normalized spacial score (nSPS) is 10.9. The van der Waals surface area contributed by atoms with Gasteiger partial charge in [0, 0.05) is 37.8 Å². The Hall–Kier alpha value is -1.42. The van der Waals surface area contributed by atoms with Gasteiger partial charge in [0.2, 0.25) is 0 Å². The van der Waals surface area contributed by atoms with E-state index in [-0.39, 0.29) is 6.61 Å². The molecule has 0 aliphatic rings. The van der Waals surface area contributed by atoms with Gasteiger partial charge in [0.15, 0.2) is 0 Å². The first-order chi connectivity index (χ1) is 13.5. The Bertz CT molecular complexity index is 908. The van der Waals surface area contributed by atoms with Crippen molar-refractivity contribution in [3.63, 3.8) is 0 Å². The van der Waals surface area contributed by atoms with Crippen LogP contribution in [0.15, 0.2) is 60.7 Å². The van der Waals surface area contributed by atoms with Crippen LogP contribution in [0.4, 0.5) is 0 Å². The van der Waals surface area contributed by atoms with Crippen molar-refractivity contribution in [2.24, 2.45) is 0 Å². The first-order valence-electron chi connectivity index (χ1n) is 8.82. The molecular formula is C22H19Cl4NO. The minimum absolute atomic E-state index is 0.290. The maximum Gasteiger partial charge on any atom is 0.124 e. The van der Waals surface area contributed by atoms with E-state index in [9.17, 15) is 0 Å². The zero-order valence-corrected chi connectivity index (χ0v) is 18.0. The third kappa shape index (κ3) is 6.04. The van der Waals surface area contributed by atoms with Crippen LogP contribution in [0.25, 0.3) is 0 Å². The molecule has 0 heterocycles. The Balaban J connectivity index is 1.59. The molecule has 2 nitrogen and oxygen atoms in total. The van der Waals surface area contributed by atoms with E-state index < -0.39 is 0 Å². The Labute approximate surface area is 185 Å². The van der Waals surface area contributed by atoms with Crippen LogP contribution in [-0.2, 0) is 19.6 Å². The Morgan fingerprint density at radius 1 is 0.786 bits per heavy atom. The molecule has 0 aliphatic carbocycles. The van der Waals surface area contributed by atoms with Crippen LogP contribution in [0.5, 0.6) is 5.75 Å². The maximum atomic E-state index is 6.22. The van der Waals surface area contributed by atoms with Gasteiger partial charge in [0.1, 0.15) is 12.4 Å². The molecule has 0 aromatic heterocycles. The van der Waals surface area contributed by atoms with Crippen LogP contribution in [0.1, 0.15) is 16.7 Å². The minimum atomic E-state index is 0.290. The molecule has 3 aromatic rings. The van der Waals surface area contributed by atoms with Gasteiger partial charge in [-0.15, -0.1) is 0 Å². The Morgan fingerprint density at radius 3 is 2.18 bits per heavy atom. The van der Waals surface area contributed by atoms with Crippen molar-refractivity contribution in [1.29, 1.82) is 0 Å². The molecule has 0 bridgehead atoms. The topological polar surface area (TPSA) is 21.3 Å². The molecule has 6 heteroatoms. The zero-order chi connectivity index (χ0) is 19.9. The van der Waals surface area contributed by atoms with Crippen molar-refractivity contribution in [3.05, 3.63) is 97.4 Å². The number of ether oxygens (including phenoxy) is 1. The van der Waals surface area contributed by atoms with E-state index in [4.69, 9.17) is 51.1 Å². The van der Waals surface area contributed by atoms with E-state index in [1.807, 2.05) is 48.5 Å². The molecule has 0 saturated heterocycles. The number of hydrogen-bond donors (Lipinski definition) is 1. The summed E-state index contributed by atoms with van der Waals surface area (Å²) >= 11 is 24.5. The van der Waals surface area contributed by atoms with Gasteiger partial charge in [0.05, 0.1) is 0 Å². The largest absolute Gasteiger partial charge is 0.488 e. The molecule has 0 spiro atoms. The lowest BCUT2D eigenvalue weighted by molar-refractivity contribution is 0.302. The van der Waals surface area contributed by atoms with Gasteiger partial charge in [-0.2, -0.15) is 0 Å². The van der Waals surface area contributed by atoms with E-state index in [0.29, 0.717) is 21.6 Å². The van der Waals surface area contributed by atoms with Crippen LogP contribution < -0.4 is 10.1 Å². The molecule has 0 radical (unpaired) electrons. The van der Waals surface area contributed by atoms with Gasteiger partial charge < -0.3 is 10.1 Å².